The van der Waals surface area contributed by atoms with Crippen LogP contribution in [0.25, 0.3) is 11.1 Å². The standard InChI is InChI=1S/C33H40N4O3/c1-32(2,3)36-31(39)37-14-13-26-25(23-15-24(19-34-17-23)33(4,5)40)12-11-22(29(26)20-37)18-35-30(38)28-16-27(28)21-9-7-6-8-10-21/h6-12,15,17,19,27-28,40H,13-14,16,18,20H2,1-5H3,(H,35,38)(H,36,39)/t27-,28?/m0/s1. The summed E-state index contributed by atoms with van der Waals surface area (Å²) in [5.41, 5.74) is 5.85. The van der Waals surface area contributed by atoms with Gasteiger partial charge in [0.1, 0.15) is 0 Å². The maximum Gasteiger partial charge on any atom is 0.318 e. The first-order chi connectivity index (χ1) is 18.9. The summed E-state index contributed by atoms with van der Waals surface area (Å²) in [5.74, 6) is 0.360. The summed E-state index contributed by atoms with van der Waals surface area (Å²) in [6.45, 7) is 10.9. The van der Waals surface area contributed by atoms with E-state index in [4.69, 9.17) is 0 Å². The molecule has 7 nitrogen and oxygen atoms in total. The Hall–Kier alpha value is -3.71. The topological polar surface area (TPSA) is 94.6 Å². The van der Waals surface area contributed by atoms with E-state index in [9.17, 15) is 14.7 Å². The van der Waals surface area contributed by atoms with E-state index in [1.54, 1.807) is 20.0 Å². The van der Waals surface area contributed by atoms with Gasteiger partial charge in [-0.2, -0.15) is 0 Å². The first kappa shape index (κ1) is 27.8. The Bertz CT molecular complexity index is 1410. The fraction of sp³-hybridized carbons (Fsp3) is 0.424. The van der Waals surface area contributed by atoms with E-state index in [-0.39, 0.29) is 29.3 Å². The number of hydrogen-bond donors (Lipinski definition) is 3. The number of urea groups is 1. The predicted molar refractivity (Wildman–Crippen MR) is 156 cm³/mol. The van der Waals surface area contributed by atoms with E-state index < -0.39 is 5.60 Å². The van der Waals surface area contributed by atoms with Crippen LogP contribution in [0, 0.1) is 5.92 Å². The minimum Gasteiger partial charge on any atom is -0.386 e. The van der Waals surface area contributed by atoms with Crippen molar-refractivity contribution in [2.45, 2.75) is 77.6 Å². The van der Waals surface area contributed by atoms with Crippen molar-refractivity contribution in [1.29, 1.82) is 0 Å². The molecule has 1 unspecified atom stereocenters. The number of amides is 3. The van der Waals surface area contributed by atoms with Crippen LogP contribution in [0.4, 0.5) is 4.79 Å². The highest BCUT2D eigenvalue weighted by molar-refractivity contribution is 5.83. The van der Waals surface area contributed by atoms with Crippen LogP contribution in [-0.2, 0) is 29.9 Å². The van der Waals surface area contributed by atoms with Gasteiger partial charge in [-0.1, -0.05) is 42.5 Å². The summed E-state index contributed by atoms with van der Waals surface area (Å²) in [4.78, 5) is 32.4. The van der Waals surface area contributed by atoms with Gasteiger partial charge in [0.15, 0.2) is 0 Å². The van der Waals surface area contributed by atoms with Gasteiger partial charge in [0.2, 0.25) is 5.91 Å². The molecule has 7 heteroatoms. The fourth-order valence-corrected chi connectivity index (χ4v) is 5.54. The highest BCUT2D eigenvalue weighted by atomic mass is 16.3. The van der Waals surface area contributed by atoms with Gasteiger partial charge >= 0.3 is 6.03 Å². The number of carbonyl (C=O) groups excluding carboxylic acids is 2. The number of benzene rings is 2. The highest BCUT2D eigenvalue weighted by Crippen LogP contribution is 2.47. The van der Waals surface area contributed by atoms with Crippen LogP contribution in [0.3, 0.4) is 0 Å². The number of nitrogens with zero attached hydrogens (tertiary/aromatic N) is 2. The molecule has 0 radical (unpaired) electrons. The van der Waals surface area contributed by atoms with E-state index in [1.807, 2.05) is 56.1 Å². The molecule has 2 aromatic carbocycles. The minimum absolute atomic E-state index is 0.00205. The zero-order valence-electron chi connectivity index (χ0n) is 24.1. The molecule has 1 aromatic heterocycles. The molecule has 210 valence electrons. The van der Waals surface area contributed by atoms with Crippen LogP contribution < -0.4 is 10.6 Å². The number of aromatic nitrogens is 1. The van der Waals surface area contributed by atoms with Crippen molar-refractivity contribution in [3.05, 3.63) is 88.7 Å². The molecular weight excluding hydrogens is 500 g/mol. The first-order valence-electron chi connectivity index (χ1n) is 14.1. The molecule has 3 N–H and O–H groups in total. The Labute approximate surface area is 237 Å². The number of nitrogens with one attached hydrogen (secondary N) is 2. The molecule has 3 aromatic rings. The van der Waals surface area contributed by atoms with E-state index in [2.05, 4.69) is 39.9 Å². The predicted octanol–water partition coefficient (Wildman–Crippen LogP) is 5.26. The fourth-order valence-electron chi connectivity index (χ4n) is 5.54. The van der Waals surface area contributed by atoms with E-state index in [0.29, 0.717) is 26.1 Å². The van der Waals surface area contributed by atoms with Crippen molar-refractivity contribution in [3.8, 4) is 11.1 Å². The molecule has 0 saturated heterocycles. The van der Waals surface area contributed by atoms with E-state index >= 15 is 0 Å². The third-order valence-corrected chi connectivity index (χ3v) is 7.84. The lowest BCUT2D eigenvalue weighted by atomic mass is 9.87. The minimum atomic E-state index is -1.00. The van der Waals surface area contributed by atoms with E-state index in [0.717, 1.165) is 39.8 Å². The Morgan fingerprint density at radius 1 is 1.02 bits per heavy atom. The number of rotatable bonds is 6. The van der Waals surface area contributed by atoms with Crippen molar-refractivity contribution in [2.24, 2.45) is 5.92 Å². The Kier molecular flexibility index (Phi) is 7.44. The van der Waals surface area contributed by atoms with Crippen LogP contribution in [0.1, 0.15) is 74.8 Å². The Balaban J connectivity index is 1.41. The second kappa shape index (κ2) is 10.7. The molecule has 2 heterocycles. The Morgan fingerprint density at radius 2 is 1.77 bits per heavy atom. The highest BCUT2D eigenvalue weighted by Gasteiger charge is 2.43. The smallest absolute Gasteiger partial charge is 0.318 e. The van der Waals surface area contributed by atoms with Gasteiger partial charge in [0.05, 0.1) is 5.60 Å². The van der Waals surface area contributed by atoms with Crippen LogP contribution in [0.2, 0.25) is 0 Å². The molecule has 3 amide bonds. The SMILES string of the molecule is CC(C)(C)NC(=O)N1CCc2c(-c3cncc(C(C)(C)O)c3)ccc(CNC(=O)C3C[C@H]3c3ccccc3)c2C1. The van der Waals surface area contributed by atoms with E-state index in [1.165, 1.54) is 5.56 Å². The van der Waals surface area contributed by atoms with Crippen LogP contribution in [0.5, 0.6) is 0 Å². The maximum atomic E-state index is 13.1. The number of hydrogen-bond acceptors (Lipinski definition) is 4. The third-order valence-electron chi connectivity index (χ3n) is 7.84. The third kappa shape index (κ3) is 6.20. The van der Waals surface area contributed by atoms with Gasteiger partial charge in [-0.3, -0.25) is 9.78 Å². The molecule has 2 aliphatic rings. The number of carbonyl (C=O) groups is 2. The van der Waals surface area contributed by atoms with Gasteiger partial charge in [0.25, 0.3) is 0 Å². The summed E-state index contributed by atoms with van der Waals surface area (Å²) in [7, 11) is 0. The van der Waals surface area contributed by atoms with Gasteiger partial charge in [-0.05, 0) is 87.3 Å². The summed E-state index contributed by atoms with van der Waals surface area (Å²) >= 11 is 0. The second-order valence-electron chi connectivity index (χ2n) is 12.7. The lowest BCUT2D eigenvalue weighted by molar-refractivity contribution is -0.122. The number of pyridine rings is 1. The van der Waals surface area contributed by atoms with Crippen molar-refractivity contribution < 1.29 is 14.7 Å². The largest absolute Gasteiger partial charge is 0.386 e. The van der Waals surface area contributed by atoms with Crippen molar-refractivity contribution in [3.63, 3.8) is 0 Å². The molecule has 40 heavy (non-hydrogen) atoms. The van der Waals surface area contributed by atoms with Gasteiger partial charge in [-0.15, -0.1) is 0 Å². The first-order valence-corrected chi connectivity index (χ1v) is 14.1. The molecule has 2 atom stereocenters. The second-order valence-corrected chi connectivity index (χ2v) is 12.7. The van der Waals surface area contributed by atoms with Crippen molar-refractivity contribution in [2.75, 3.05) is 6.54 Å². The molecule has 1 saturated carbocycles. The molecule has 0 bridgehead atoms. The summed E-state index contributed by atoms with van der Waals surface area (Å²) in [6, 6.07) is 16.2. The van der Waals surface area contributed by atoms with Crippen molar-refractivity contribution >= 4 is 11.9 Å². The number of fused-ring (bicyclic) bond motifs is 1. The normalized spacial score (nSPS) is 18.6. The van der Waals surface area contributed by atoms with Crippen LogP contribution in [-0.4, -0.2) is 39.0 Å². The molecule has 1 aliphatic carbocycles. The monoisotopic (exact) mass is 540 g/mol. The maximum absolute atomic E-state index is 13.1. The lowest BCUT2D eigenvalue weighted by Crippen LogP contribution is -2.50. The number of aliphatic hydroxyl groups is 1. The average Bonchev–Trinajstić information content (AvgIpc) is 3.72. The molecule has 0 spiro atoms. The molecule has 1 fully saturated rings. The molecule has 5 rings (SSSR count). The quantitative estimate of drug-likeness (QED) is 0.397. The summed E-state index contributed by atoms with van der Waals surface area (Å²) in [5, 5.41) is 16.8. The lowest BCUT2D eigenvalue weighted by Gasteiger charge is -2.34. The van der Waals surface area contributed by atoms with Gasteiger partial charge < -0.3 is 20.6 Å². The van der Waals surface area contributed by atoms with Crippen LogP contribution in [0.15, 0.2) is 60.9 Å². The van der Waals surface area contributed by atoms with Gasteiger partial charge in [0, 0.05) is 54.6 Å². The average molecular weight is 541 g/mol. The van der Waals surface area contributed by atoms with Gasteiger partial charge in [-0.25, -0.2) is 4.79 Å². The summed E-state index contributed by atoms with van der Waals surface area (Å²) < 4.78 is 0. The van der Waals surface area contributed by atoms with Crippen molar-refractivity contribution in [1.82, 2.24) is 20.5 Å². The zero-order chi connectivity index (χ0) is 28.7. The Morgan fingerprint density at radius 3 is 2.48 bits per heavy atom. The summed E-state index contributed by atoms with van der Waals surface area (Å²) in [6.07, 6.45) is 5.08. The molecular formula is C33H40N4O3. The zero-order valence-corrected chi connectivity index (χ0v) is 24.1. The van der Waals surface area contributed by atoms with Crippen LogP contribution >= 0.6 is 0 Å². The molecule has 1 aliphatic heterocycles.